The zero-order chi connectivity index (χ0) is 15.0. The van der Waals surface area contributed by atoms with Gasteiger partial charge in [0.15, 0.2) is 0 Å². The van der Waals surface area contributed by atoms with Gasteiger partial charge in [0.2, 0.25) is 0 Å². The van der Waals surface area contributed by atoms with Crippen LogP contribution in [0.1, 0.15) is 51.2 Å². The highest BCUT2D eigenvalue weighted by Crippen LogP contribution is 2.51. The Bertz CT molecular complexity index is 540. The van der Waals surface area contributed by atoms with Crippen LogP contribution in [-0.2, 0) is 0 Å². The fraction of sp³-hybridized carbons (Fsp3) is 0.562. The lowest BCUT2D eigenvalue weighted by Crippen LogP contribution is -2.35. The van der Waals surface area contributed by atoms with Crippen LogP contribution in [0.15, 0.2) is 22.7 Å². The molecule has 2 rings (SSSR count). The first kappa shape index (κ1) is 15.8. The lowest BCUT2D eigenvalue weighted by atomic mass is 9.62. The van der Waals surface area contributed by atoms with Crippen molar-refractivity contribution in [2.24, 2.45) is 10.8 Å². The molecule has 0 heterocycles. The third kappa shape index (κ3) is 3.03. The molecular weight excluding hydrogens is 338 g/mol. The number of aliphatic hydroxyl groups is 1. The van der Waals surface area contributed by atoms with E-state index in [0.29, 0.717) is 5.02 Å². The SMILES string of the molecule is CC1(C)CCC(C#N)(C(O)c2ccc(Br)c(Cl)c2)CC1. The van der Waals surface area contributed by atoms with Gasteiger partial charge in [-0.3, -0.25) is 0 Å². The van der Waals surface area contributed by atoms with Gasteiger partial charge >= 0.3 is 0 Å². The summed E-state index contributed by atoms with van der Waals surface area (Å²) < 4.78 is 0.797. The molecule has 1 unspecified atom stereocenters. The van der Waals surface area contributed by atoms with E-state index in [4.69, 9.17) is 11.6 Å². The molecule has 1 N–H and O–H groups in total. The maximum absolute atomic E-state index is 10.7. The summed E-state index contributed by atoms with van der Waals surface area (Å²) in [5.41, 5.74) is 0.295. The van der Waals surface area contributed by atoms with Gasteiger partial charge < -0.3 is 5.11 Å². The molecule has 0 radical (unpaired) electrons. The fourth-order valence-corrected chi connectivity index (χ4v) is 3.26. The van der Waals surface area contributed by atoms with Crippen LogP contribution in [0.5, 0.6) is 0 Å². The van der Waals surface area contributed by atoms with Gasteiger partial charge in [-0.05, 0) is 64.7 Å². The summed E-state index contributed by atoms with van der Waals surface area (Å²) in [7, 11) is 0. The van der Waals surface area contributed by atoms with Gasteiger partial charge in [0.1, 0.15) is 0 Å². The Kier molecular flexibility index (Phi) is 4.49. The molecule has 2 nitrogen and oxygen atoms in total. The monoisotopic (exact) mass is 355 g/mol. The zero-order valence-corrected chi connectivity index (χ0v) is 14.1. The first-order chi connectivity index (χ1) is 9.30. The van der Waals surface area contributed by atoms with E-state index in [2.05, 4.69) is 35.8 Å². The van der Waals surface area contributed by atoms with Gasteiger partial charge in [0, 0.05) is 4.47 Å². The van der Waals surface area contributed by atoms with Gasteiger partial charge in [-0.2, -0.15) is 5.26 Å². The van der Waals surface area contributed by atoms with Gasteiger partial charge in [-0.25, -0.2) is 0 Å². The summed E-state index contributed by atoms with van der Waals surface area (Å²) in [6.45, 7) is 4.44. The predicted molar refractivity (Wildman–Crippen MR) is 84.4 cm³/mol. The zero-order valence-electron chi connectivity index (χ0n) is 11.8. The van der Waals surface area contributed by atoms with Crippen LogP contribution in [0.3, 0.4) is 0 Å². The van der Waals surface area contributed by atoms with Crippen LogP contribution >= 0.6 is 27.5 Å². The molecule has 0 amide bonds. The molecule has 1 fully saturated rings. The van der Waals surface area contributed by atoms with Crippen LogP contribution in [0.25, 0.3) is 0 Å². The summed E-state index contributed by atoms with van der Waals surface area (Å²) >= 11 is 9.43. The van der Waals surface area contributed by atoms with E-state index < -0.39 is 11.5 Å². The molecule has 0 saturated heterocycles. The normalized spacial score (nSPS) is 22.0. The Morgan fingerprint density at radius 3 is 2.40 bits per heavy atom. The first-order valence-corrected chi connectivity index (χ1v) is 8.01. The second-order valence-electron chi connectivity index (χ2n) is 6.51. The molecule has 1 atom stereocenters. The van der Waals surface area contributed by atoms with E-state index in [1.165, 1.54) is 0 Å². The maximum Gasteiger partial charge on any atom is 0.0976 e. The van der Waals surface area contributed by atoms with Crippen LogP contribution < -0.4 is 0 Å². The molecule has 0 aromatic heterocycles. The summed E-state index contributed by atoms with van der Waals surface area (Å²) in [4.78, 5) is 0. The number of hydrogen-bond acceptors (Lipinski definition) is 2. The third-order valence-corrected chi connectivity index (χ3v) is 5.73. The van der Waals surface area contributed by atoms with Crippen molar-refractivity contribution in [1.82, 2.24) is 0 Å². The standard InChI is InChI=1S/C16H19BrClNO/c1-15(2)5-7-16(10-19,8-6-15)14(20)11-3-4-12(17)13(18)9-11/h3-4,9,14,20H,5-8H2,1-2H3. The minimum Gasteiger partial charge on any atom is -0.387 e. The molecule has 4 heteroatoms. The largest absolute Gasteiger partial charge is 0.387 e. The number of nitrogens with zero attached hydrogens (tertiary/aromatic N) is 1. The van der Waals surface area contributed by atoms with Crippen molar-refractivity contribution in [2.45, 2.75) is 45.6 Å². The van der Waals surface area contributed by atoms with Crippen LogP contribution in [-0.4, -0.2) is 5.11 Å². The number of aliphatic hydroxyl groups excluding tert-OH is 1. The van der Waals surface area contributed by atoms with E-state index >= 15 is 0 Å². The molecule has 1 aromatic carbocycles. The van der Waals surface area contributed by atoms with E-state index in [1.54, 1.807) is 6.07 Å². The van der Waals surface area contributed by atoms with Gasteiger partial charge in [-0.15, -0.1) is 0 Å². The number of benzene rings is 1. The fourth-order valence-electron chi connectivity index (χ4n) is 2.82. The average Bonchev–Trinajstić information content (AvgIpc) is 2.42. The Hall–Kier alpha value is -0.560. The Morgan fingerprint density at radius 2 is 1.90 bits per heavy atom. The third-order valence-electron chi connectivity index (χ3n) is 4.50. The molecule has 0 bridgehead atoms. The van der Waals surface area contributed by atoms with Crippen molar-refractivity contribution in [3.05, 3.63) is 33.3 Å². The van der Waals surface area contributed by atoms with Crippen molar-refractivity contribution in [3.63, 3.8) is 0 Å². The van der Waals surface area contributed by atoms with E-state index in [-0.39, 0.29) is 5.41 Å². The quantitative estimate of drug-likeness (QED) is 0.787. The highest BCUT2D eigenvalue weighted by Gasteiger charge is 2.44. The van der Waals surface area contributed by atoms with Crippen molar-refractivity contribution in [2.75, 3.05) is 0 Å². The molecule has 108 valence electrons. The van der Waals surface area contributed by atoms with Gasteiger partial charge in [-0.1, -0.05) is 31.5 Å². The highest BCUT2D eigenvalue weighted by molar-refractivity contribution is 9.10. The minimum absolute atomic E-state index is 0.261. The number of halogens is 2. The smallest absolute Gasteiger partial charge is 0.0976 e. The first-order valence-electron chi connectivity index (χ1n) is 6.84. The van der Waals surface area contributed by atoms with Crippen molar-refractivity contribution in [1.29, 1.82) is 5.26 Å². The second kappa shape index (κ2) is 5.67. The molecule has 1 aliphatic rings. The average molecular weight is 357 g/mol. The minimum atomic E-state index is -0.783. The summed E-state index contributed by atoms with van der Waals surface area (Å²) in [5.74, 6) is 0. The molecule has 0 spiro atoms. The Morgan fingerprint density at radius 1 is 1.30 bits per heavy atom. The van der Waals surface area contributed by atoms with Crippen molar-refractivity contribution < 1.29 is 5.11 Å². The molecule has 1 saturated carbocycles. The number of nitriles is 1. The number of rotatable bonds is 2. The van der Waals surface area contributed by atoms with E-state index in [1.807, 2.05) is 12.1 Å². The highest BCUT2D eigenvalue weighted by atomic mass is 79.9. The van der Waals surface area contributed by atoms with Gasteiger partial charge in [0.05, 0.1) is 22.6 Å². The molecule has 20 heavy (non-hydrogen) atoms. The van der Waals surface area contributed by atoms with Gasteiger partial charge in [0.25, 0.3) is 0 Å². The van der Waals surface area contributed by atoms with Crippen LogP contribution in [0, 0.1) is 22.2 Å². The van der Waals surface area contributed by atoms with E-state index in [9.17, 15) is 10.4 Å². The molecule has 1 aliphatic carbocycles. The molecule has 0 aliphatic heterocycles. The van der Waals surface area contributed by atoms with Crippen molar-refractivity contribution >= 4 is 27.5 Å². The second-order valence-corrected chi connectivity index (χ2v) is 7.77. The molecule has 1 aromatic rings. The number of hydrogen-bond donors (Lipinski definition) is 1. The Balaban J connectivity index is 2.28. The lowest BCUT2D eigenvalue weighted by Gasteiger charge is -2.42. The predicted octanol–water partition coefficient (Wildman–Crippen LogP) is 5.25. The Labute approximate surface area is 133 Å². The van der Waals surface area contributed by atoms with Crippen LogP contribution in [0.2, 0.25) is 5.02 Å². The topological polar surface area (TPSA) is 44.0 Å². The van der Waals surface area contributed by atoms with E-state index in [0.717, 1.165) is 35.7 Å². The lowest BCUT2D eigenvalue weighted by molar-refractivity contribution is 0.00955. The van der Waals surface area contributed by atoms with Crippen molar-refractivity contribution in [3.8, 4) is 6.07 Å². The van der Waals surface area contributed by atoms with Crippen LogP contribution in [0.4, 0.5) is 0 Å². The summed E-state index contributed by atoms with van der Waals surface area (Å²) in [6, 6.07) is 7.78. The summed E-state index contributed by atoms with van der Waals surface area (Å²) in [5, 5.41) is 20.9. The molecular formula is C16H19BrClNO. The maximum atomic E-state index is 10.7. The summed E-state index contributed by atoms with van der Waals surface area (Å²) in [6.07, 6.45) is 2.59.